The number of alkyl halides is 1. The van der Waals surface area contributed by atoms with Gasteiger partial charge in [0.25, 0.3) is 0 Å². The molecule has 4 atom stereocenters. The largest absolute Gasteiger partial charge is 0.356 e. The molecule has 0 aromatic carbocycles. The van der Waals surface area contributed by atoms with Crippen molar-refractivity contribution >= 4 is 17.2 Å². The SMILES string of the molecule is CC1(NC(O)O[C@H]2CC[C@@H](c3cc(Nc4nccn5nc(C(C)(C)C)cc45)n[nH]3)[C@@H]2F)CC1. The van der Waals surface area contributed by atoms with Crippen LogP contribution in [0, 0.1) is 0 Å². The summed E-state index contributed by atoms with van der Waals surface area (Å²) in [6.45, 7) is 8.36. The highest BCUT2D eigenvalue weighted by Crippen LogP contribution is 2.40. The van der Waals surface area contributed by atoms with Gasteiger partial charge in [0.2, 0.25) is 6.41 Å². The maximum Gasteiger partial charge on any atom is 0.214 e. The predicted octanol–water partition coefficient (Wildman–Crippen LogP) is 3.51. The smallest absolute Gasteiger partial charge is 0.214 e. The highest BCUT2D eigenvalue weighted by atomic mass is 19.1. The molecule has 2 aliphatic carbocycles. The molecule has 0 bridgehead atoms. The molecule has 3 aromatic heterocycles. The van der Waals surface area contributed by atoms with Crippen LogP contribution in [0.15, 0.2) is 24.5 Å². The summed E-state index contributed by atoms with van der Waals surface area (Å²) in [6, 6.07) is 3.83. The molecule has 5 rings (SSSR count). The van der Waals surface area contributed by atoms with Crippen LogP contribution in [0.5, 0.6) is 0 Å². The Morgan fingerprint density at radius 3 is 2.82 bits per heavy atom. The van der Waals surface area contributed by atoms with Crippen LogP contribution in [0.3, 0.4) is 0 Å². The van der Waals surface area contributed by atoms with Crippen LogP contribution in [0.25, 0.3) is 5.52 Å². The molecule has 0 spiro atoms. The van der Waals surface area contributed by atoms with Gasteiger partial charge in [0.15, 0.2) is 11.6 Å². The third kappa shape index (κ3) is 4.60. The normalized spacial score (nSPS) is 25.5. The number of nitrogens with one attached hydrogen (secondary N) is 3. The lowest BCUT2D eigenvalue weighted by atomic mass is 9.92. The number of fused-ring (bicyclic) bond motifs is 1. The first-order valence-corrected chi connectivity index (χ1v) is 11.5. The Kier molecular flexibility index (Phi) is 5.42. The molecule has 3 aromatic rings. The zero-order chi connectivity index (χ0) is 23.4. The van der Waals surface area contributed by atoms with Crippen molar-refractivity contribution in [2.45, 2.75) is 88.9 Å². The number of ether oxygens (including phenoxy) is 1. The van der Waals surface area contributed by atoms with E-state index in [2.05, 4.69) is 51.7 Å². The summed E-state index contributed by atoms with van der Waals surface area (Å²) in [5.74, 6) is 0.822. The van der Waals surface area contributed by atoms with Gasteiger partial charge in [-0.2, -0.15) is 10.2 Å². The molecule has 0 saturated heterocycles. The molecule has 0 radical (unpaired) electrons. The van der Waals surface area contributed by atoms with Crippen molar-refractivity contribution in [2.24, 2.45) is 0 Å². The summed E-state index contributed by atoms with van der Waals surface area (Å²) >= 11 is 0. The quantitative estimate of drug-likeness (QED) is 0.402. The Hall–Kier alpha value is -2.56. The van der Waals surface area contributed by atoms with Gasteiger partial charge in [-0.15, -0.1) is 0 Å². The van der Waals surface area contributed by atoms with Crippen LogP contribution in [0.4, 0.5) is 16.0 Å². The molecule has 178 valence electrons. The topological polar surface area (TPSA) is 112 Å². The molecule has 0 amide bonds. The molecule has 2 saturated carbocycles. The lowest BCUT2D eigenvalue weighted by molar-refractivity contribution is -0.170. The van der Waals surface area contributed by atoms with Crippen LogP contribution in [-0.2, 0) is 10.2 Å². The van der Waals surface area contributed by atoms with Crippen molar-refractivity contribution in [3.8, 4) is 0 Å². The molecule has 4 N–H and O–H groups in total. The monoisotopic (exact) mass is 457 g/mol. The van der Waals surface area contributed by atoms with E-state index in [4.69, 9.17) is 4.74 Å². The predicted molar refractivity (Wildman–Crippen MR) is 122 cm³/mol. The minimum atomic E-state index is -1.23. The first-order chi connectivity index (χ1) is 15.6. The Balaban J connectivity index is 1.27. The van der Waals surface area contributed by atoms with Gasteiger partial charge < -0.3 is 15.2 Å². The molecule has 9 nitrogen and oxygen atoms in total. The van der Waals surface area contributed by atoms with E-state index >= 15 is 4.39 Å². The van der Waals surface area contributed by atoms with Crippen molar-refractivity contribution in [1.29, 1.82) is 0 Å². The molecule has 33 heavy (non-hydrogen) atoms. The number of rotatable bonds is 7. The van der Waals surface area contributed by atoms with Gasteiger partial charge in [-0.1, -0.05) is 20.8 Å². The summed E-state index contributed by atoms with van der Waals surface area (Å²) in [6.07, 6.45) is 3.58. The first-order valence-electron chi connectivity index (χ1n) is 11.5. The Labute approximate surface area is 192 Å². The van der Waals surface area contributed by atoms with E-state index in [1.54, 1.807) is 10.7 Å². The van der Waals surface area contributed by atoms with Crippen LogP contribution in [0.1, 0.15) is 70.7 Å². The van der Waals surface area contributed by atoms with Gasteiger partial charge in [-0.05, 0) is 38.7 Å². The fourth-order valence-corrected chi connectivity index (χ4v) is 4.32. The van der Waals surface area contributed by atoms with Crippen LogP contribution in [-0.4, -0.2) is 54.1 Å². The average Bonchev–Trinajstić information content (AvgIpc) is 3.13. The van der Waals surface area contributed by atoms with E-state index in [1.807, 2.05) is 25.3 Å². The van der Waals surface area contributed by atoms with Crippen molar-refractivity contribution in [1.82, 2.24) is 30.1 Å². The number of aromatic nitrogens is 5. The van der Waals surface area contributed by atoms with Gasteiger partial charge in [-0.3, -0.25) is 10.4 Å². The van der Waals surface area contributed by atoms with Crippen molar-refractivity contribution in [3.05, 3.63) is 35.9 Å². The lowest BCUT2D eigenvalue weighted by Crippen LogP contribution is -2.43. The van der Waals surface area contributed by atoms with E-state index in [0.29, 0.717) is 30.2 Å². The van der Waals surface area contributed by atoms with E-state index in [9.17, 15) is 5.11 Å². The zero-order valence-electron chi connectivity index (χ0n) is 19.5. The molecular weight excluding hydrogens is 425 g/mol. The fraction of sp³-hybridized carbons (Fsp3) is 0.609. The molecule has 10 heteroatoms. The summed E-state index contributed by atoms with van der Waals surface area (Å²) in [5, 5.41) is 28.3. The standard InChI is InChI=1S/C23H32FN7O2/c1-22(2,3)17-12-15-20(25-9-10-31(15)30-17)26-18-11-14(28-29-18)13-5-6-16(19(13)24)33-21(32)27-23(4)7-8-23/h9-13,16,19,21,27,32H,5-8H2,1-4H3,(H2,25,26,28,29)/t13-,16-,19-,21?/m0/s1. The number of anilines is 2. The van der Waals surface area contributed by atoms with Crippen LogP contribution in [0.2, 0.25) is 0 Å². The zero-order valence-corrected chi connectivity index (χ0v) is 19.5. The van der Waals surface area contributed by atoms with Crippen LogP contribution < -0.4 is 10.6 Å². The number of H-pyrrole nitrogens is 1. The third-order valence-corrected chi connectivity index (χ3v) is 6.68. The highest BCUT2D eigenvalue weighted by Gasteiger charge is 2.43. The van der Waals surface area contributed by atoms with Crippen LogP contribution >= 0.6 is 0 Å². The molecule has 1 unspecified atom stereocenters. The Bertz CT molecular complexity index is 1130. The number of nitrogens with zero attached hydrogens (tertiary/aromatic N) is 4. The van der Waals surface area contributed by atoms with E-state index in [-0.39, 0.29) is 16.9 Å². The number of hydrogen-bond acceptors (Lipinski definition) is 7. The number of halogens is 1. The third-order valence-electron chi connectivity index (χ3n) is 6.68. The van der Waals surface area contributed by atoms with E-state index < -0.39 is 18.7 Å². The number of aliphatic hydroxyl groups is 1. The first kappa shape index (κ1) is 22.2. The van der Waals surface area contributed by atoms with Gasteiger partial charge in [0.05, 0.1) is 11.8 Å². The van der Waals surface area contributed by atoms with Gasteiger partial charge in [-0.25, -0.2) is 13.9 Å². The minimum Gasteiger partial charge on any atom is -0.356 e. The molecular formula is C23H32FN7O2. The molecule has 2 aliphatic rings. The van der Waals surface area contributed by atoms with Crippen molar-refractivity contribution in [3.63, 3.8) is 0 Å². The average molecular weight is 458 g/mol. The number of aromatic amines is 1. The van der Waals surface area contributed by atoms with Gasteiger partial charge in [0.1, 0.15) is 11.7 Å². The second-order valence-electron chi connectivity index (χ2n) is 10.6. The summed E-state index contributed by atoms with van der Waals surface area (Å²) in [4.78, 5) is 4.44. The van der Waals surface area contributed by atoms with E-state index in [1.165, 1.54) is 0 Å². The maximum atomic E-state index is 15.1. The lowest BCUT2D eigenvalue weighted by Gasteiger charge is -2.23. The number of hydrogen-bond donors (Lipinski definition) is 4. The Morgan fingerprint density at radius 1 is 1.30 bits per heavy atom. The van der Waals surface area contributed by atoms with Gasteiger partial charge >= 0.3 is 0 Å². The molecule has 0 aliphatic heterocycles. The molecule has 3 heterocycles. The molecule has 2 fully saturated rings. The maximum absolute atomic E-state index is 15.1. The second-order valence-corrected chi connectivity index (χ2v) is 10.6. The highest BCUT2D eigenvalue weighted by molar-refractivity contribution is 5.72. The fourth-order valence-electron chi connectivity index (χ4n) is 4.32. The summed E-state index contributed by atoms with van der Waals surface area (Å²) in [5.41, 5.74) is 2.33. The summed E-state index contributed by atoms with van der Waals surface area (Å²) < 4.78 is 22.5. The van der Waals surface area contributed by atoms with Gasteiger partial charge in [0, 0.05) is 41.0 Å². The second kappa shape index (κ2) is 8.03. The van der Waals surface area contributed by atoms with Crippen molar-refractivity contribution < 1.29 is 14.2 Å². The number of aliphatic hydroxyl groups excluding tert-OH is 1. The Morgan fingerprint density at radius 2 is 2.09 bits per heavy atom. The van der Waals surface area contributed by atoms with E-state index in [0.717, 1.165) is 24.1 Å². The summed E-state index contributed by atoms with van der Waals surface area (Å²) in [7, 11) is 0. The van der Waals surface area contributed by atoms with Crippen molar-refractivity contribution in [2.75, 3.05) is 5.32 Å². The minimum absolute atomic E-state index is 0.0838.